The van der Waals surface area contributed by atoms with Crippen molar-refractivity contribution in [2.24, 2.45) is 12.8 Å². The van der Waals surface area contributed by atoms with Crippen molar-refractivity contribution in [2.45, 2.75) is 12.3 Å². The Morgan fingerprint density at radius 3 is 2.84 bits per heavy atom. The summed E-state index contributed by atoms with van der Waals surface area (Å²) in [5, 5.41) is 0.609. The molecule has 4 rings (SSSR count). The zero-order chi connectivity index (χ0) is 22.8. The Balaban J connectivity index is 1.83. The van der Waals surface area contributed by atoms with E-state index < -0.39 is 23.5 Å². The van der Waals surface area contributed by atoms with Crippen molar-refractivity contribution in [3.63, 3.8) is 0 Å². The van der Waals surface area contributed by atoms with Crippen molar-refractivity contribution >= 4 is 16.9 Å². The van der Waals surface area contributed by atoms with Crippen molar-refractivity contribution in [1.29, 1.82) is 0 Å². The maximum atomic E-state index is 14.6. The van der Waals surface area contributed by atoms with E-state index in [0.29, 0.717) is 16.6 Å². The summed E-state index contributed by atoms with van der Waals surface area (Å²) in [6, 6.07) is 8.06. The number of pyridine rings is 2. The average Bonchev–Trinajstić information content (AvgIpc) is 3.24. The molecule has 0 spiro atoms. The van der Waals surface area contributed by atoms with E-state index in [1.54, 1.807) is 37.6 Å². The molecule has 8 heteroatoms. The summed E-state index contributed by atoms with van der Waals surface area (Å²) in [4.78, 5) is 31.7. The minimum absolute atomic E-state index is 0.00602. The molecule has 160 valence electrons. The van der Waals surface area contributed by atoms with Crippen molar-refractivity contribution in [1.82, 2.24) is 14.5 Å². The maximum Gasteiger partial charge on any atom is 0.254 e. The number of nitrogens with zero attached hydrogens (tertiary/aromatic N) is 2. The summed E-state index contributed by atoms with van der Waals surface area (Å²) < 4.78 is 29.9. The number of fused-ring (bicyclic) bond motifs is 1. The second-order valence-corrected chi connectivity index (χ2v) is 7.25. The monoisotopic (exact) mass is 432 g/mol. The lowest BCUT2D eigenvalue weighted by molar-refractivity contribution is 0.1000. The van der Waals surface area contributed by atoms with Gasteiger partial charge in [-0.2, -0.15) is 0 Å². The van der Waals surface area contributed by atoms with Crippen LogP contribution in [0, 0.1) is 23.5 Å². The number of carbonyl (C=O) groups is 1. The molecule has 0 bridgehead atoms. The summed E-state index contributed by atoms with van der Waals surface area (Å²) in [5.41, 5.74) is 6.50. The maximum absolute atomic E-state index is 14.6. The van der Waals surface area contributed by atoms with Crippen LogP contribution in [0.4, 0.5) is 8.78 Å². The van der Waals surface area contributed by atoms with Crippen molar-refractivity contribution < 1.29 is 13.6 Å². The molecular weight excluding hydrogens is 414 g/mol. The zero-order valence-corrected chi connectivity index (χ0v) is 17.0. The number of H-pyrrole nitrogens is 1. The highest BCUT2D eigenvalue weighted by molar-refractivity contribution is 6.00. The van der Waals surface area contributed by atoms with Gasteiger partial charge in [-0.05, 0) is 35.9 Å². The van der Waals surface area contributed by atoms with Crippen LogP contribution >= 0.6 is 0 Å². The molecule has 1 amide bonds. The molecule has 3 N–H and O–H groups in total. The molecule has 0 fully saturated rings. The summed E-state index contributed by atoms with van der Waals surface area (Å²) in [5.74, 6) is 3.09. The molecule has 1 unspecified atom stereocenters. The minimum Gasteiger partial charge on any atom is -0.366 e. The predicted octanol–water partition coefficient (Wildman–Crippen LogP) is 3.21. The van der Waals surface area contributed by atoms with Crippen molar-refractivity contribution in [3.05, 3.63) is 99.2 Å². The van der Waals surface area contributed by atoms with E-state index in [9.17, 15) is 18.4 Å². The molecule has 0 radical (unpaired) electrons. The van der Waals surface area contributed by atoms with Gasteiger partial charge in [-0.15, -0.1) is 0 Å². The van der Waals surface area contributed by atoms with Gasteiger partial charge in [0.1, 0.15) is 17.3 Å². The molecule has 0 aliphatic rings. The number of aromatic amines is 1. The van der Waals surface area contributed by atoms with Gasteiger partial charge < -0.3 is 15.3 Å². The third-order valence-electron chi connectivity index (χ3n) is 5.23. The molecular formula is C24H18F2N4O2. The van der Waals surface area contributed by atoms with Gasteiger partial charge in [0.05, 0.1) is 5.56 Å². The highest BCUT2D eigenvalue weighted by atomic mass is 19.1. The number of benzene rings is 1. The Kier molecular flexibility index (Phi) is 5.56. The van der Waals surface area contributed by atoms with Gasteiger partial charge in [0.25, 0.3) is 11.5 Å². The van der Waals surface area contributed by atoms with Gasteiger partial charge in [-0.1, -0.05) is 17.9 Å². The Bertz CT molecular complexity index is 1460. The summed E-state index contributed by atoms with van der Waals surface area (Å²) in [6.45, 7) is 0. The fourth-order valence-electron chi connectivity index (χ4n) is 3.62. The highest BCUT2D eigenvalue weighted by Crippen LogP contribution is 2.29. The number of hydrogen-bond acceptors (Lipinski definition) is 3. The van der Waals surface area contributed by atoms with E-state index >= 15 is 0 Å². The number of hydrogen-bond donors (Lipinski definition) is 2. The first kappa shape index (κ1) is 21.0. The molecule has 3 heterocycles. The largest absolute Gasteiger partial charge is 0.366 e. The second kappa shape index (κ2) is 8.47. The molecule has 1 atom stereocenters. The van der Waals surface area contributed by atoms with Gasteiger partial charge in [-0.25, -0.2) is 13.8 Å². The first-order valence-electron chi connectivity index (χ1n) is 9.72. The predicted molar refractivity (Wildman–Crippen MR) is 116 cm³/mol. The van der Waals surface area contributed by atoms with Crippen LogP contribution in [0.5, 0.6) is 0 Å². The van der Waals surface area contributed by atoms with Gasteiger partial charge in [0.2, 0.25) is 0 Å². The third kappa shape index (κ3) is 3.88. The van der Waals surface area contributed by atoms with Crippen LogP contribution < -0.4 is 11.3 Å². The minimum atomic E-state index is -0.821. The summed E-state index contributed by atoms with van der Waals surface area (Å²) in [6.07, 6.45) is 4.58. The number of amides is 1. The smallest absolute Gasteiger partial charge is 0.254 e. The number of aromatic nitrogens is 3. The van der Waals surface area contributed by atoms with Gasteiger partial charge in [0, 0.05) is 54.5 Å². The number of aryl methyl sites for hydroxylation is 1. The van der Waals surface area contributed by atoms with Gasteiger partial charge >= 0.3 is 0 Å². The summed E-state index contributed by atoms with van der Waals surface area (Å²) >= 11 is 0. The van der Waals surface area contributed by atoms with E-state index in [1.807, 2.05) is 0 Å². The Morgan fingerprint density at radius 2 is 2.06 bits per heavy atom. The van der Waals surface area contributed by atoms with Crippen LogP contribution in [0.2, 0.25) is 0 Å². The van der Waals surface area contributed by atoms with Gasteiger partial charge in [-0.3, -0.25) is 9.59 Å². The number of primary amides is 1. The number of rotatable bonds is 4. The number of nitrogens with two attached hydrogens (primary N) is 1. The molecule has 3 aromatic heterocycles. The summed E-state index contributed by atoms with van der Waals surface area (Å²) in [7, 11) is 1.58. The van der Waals surface area contributed by atoms with Crippen molar-refractivity contribution in [2.75, 3.05) is 0 Å². The number of halogens is 2. The van der Waals surface area contributed by atoms with E-state index in [2.05, 4.69) is 21.8 Å². The van der Waals surface area contributed by atoms with Crippen LogP contribution in [0.25, 0.3) is 11.0 Å². The third-order valence-corrected chi connectivity index (χ3v) is 5.23. The van der Waals surface area contributed by atoms with Gasteiger partial charge in [0.15, 0.2) is 0 Å². The second-order valence-electron chi connectivity index (χ2n) is 7.25. The van der Waals surface area contributed by atoms with E-state index in [1.165, 1.54) is 10.8 Å². The number of carbonyl (C=O) groups excluding carboxylic acids is 1. The lowest BCUT2D eigenvalue weighted by Gasteiger charge is -2.16. The first-order chi connectivity index (χ1) is 15.4. The fourth-order valence-corrected chi connectivity index (χ4v) is 3.62. The van der Waals surface area contributed by atoms with Crippen LogP contribution in [-0.4, -0.2) is 20.4 Å². The SMILES string of the molecule is Cn1cccc(C(CC#Cc2c(C(N)=O)cnc3[nH]ccc23)c2cc(F)ccc2F)c1=O. The highest BCUT2D eigenvalue weighted by Gasteiger charge is 2.21. The number of nitrogens with one attached hydrogen (secondary N) is 1. The van der Waals surface area contributed by atoms with Crippen LogP contribution in [0.15, 0.2) is 59.8 Å². The molecule has 0 saturated heterocycles. The van der Waals surface area contributed by atoms with Crippen molar-refractivity contribution in [3.8, 4) is 11.8 Å². The molecule has 0 aliphatic heterocycles. The standard InChI is InChI=1S/C24H18F2N4O2/c1-30-11-3-6-18(24(30)32)16(19-12-14(25)7-8-21(19)26)5-2-4-15-17-9-10-28-23(17)29-13-20(15)22(27)31/h3,6-13,16H,5H2,1H3,(H2,27,31)(H,28,29). The fraction of sp³-hybridized carbons (Fsp3) is 0.125. The Morgan fingerprint density at radius 1 is 1.25 bits per heavy atom. The molecule has 0 saturated carbocycles. The topological polar surface area (TPSA) is 93.8 Å². The lowest BCUT2D eigenvalue weighted by Crippen LogP contribution is -2.23. The quantitative estimate of drug-likeness (QED) is 0.485. The van der Waals surface area contributed by atoms with Crippen LogP contribution in [0.3, 0.4) is 0 Å². The van der Waals surface area contributed by atoms with E-state index in [4.69, 9.17) is 5.73 Å². The normalized spacial score (nSPS) is 11.7. The first-order valence-corrected chi connectivity index (χ1v) is 9.72. The average molecular weight is 432 g/mol. The van der Waals surface area contributed by atoms with E-state index in [0.717, 1.165) is 18.2 Å². The lowest BCUT2D eigenvalue weighted by atomic mass is 9.88. The molecule has 4 aromatic rings. The zero-order valence-electron chi connectivity index (χ0n) is 17.0. The Hall–Kier alpha value is -4.25. The Labute approximate surface area is 181 Å². The van der Waals surface area contributed by atoms with E-state index in [-0.39, 0.29) is 28.7 Å². The molecule has 6 nitrogen and oxygen atoms in total. The van der Waals surface area contributed by atoms with Crippen LogP contribution in [0.1, 0.15) is 39.4 Å². The van der Waals surface area contributed by atoms with Crippen LogP contribution in [-0.2, 0) is 7.05 Å². The molecule has 1 aromatic carbocycles. The molecule has 0 aliphatic carbocycles. The molecule has 32 heavy (non-hydrogen) atoms.